The molecule has 2 aromatic rings. The van der Waals surface area contributed by atoms with Crippen LogP contribution in [0.3, 0.4) is 0 Å². The minimum atomic E-state index is -0.349. The van der Waals surface area contributed by atoms with E-state index in [0.717, 1.165) is 23.7 Å². The van der Waals surface area contributed by atoms with Gasteiger partial charge in [0.1, 0.15) is 5.75 Å². The molecule has 0 bridgehead atoms. The van der Waals surface area contributed by atoms with Crippen molar-refractivity contribution in [1.29, 1.82) is 0 Å². The molecule has 1 aliphatic heterocycles. The molecule has 4 heteroatoms. The quantitative estimate of drug-likeness (QED) is 0.846. The summed E-state index contributed by atoms with van der Waals surface area (Å²) in [6.07, 6.45) is 0.476. The summed E-state index contributed by atoms with van der Waals surface area (Å²) in [5.41, 5.74) is 1.20. The minimum absolute atomic E-state index is 0.349. The molecule has 1 unspecified atom stereocenters. The molecule has 2 aromatic carbocycles. The zero-order chi connectivity index (χ0) is 14.5. The zero-order valence-electron chi connectivity index (χ0n) is 12.0. The van der Waals surface area contributed by atoms with Gasteiger partial charge >= 0.3 is 0 Å². The number of benzene rings is 2. The van der Waals surface area contributed by atoms with Gasteiger partial charge in [0.15, 0.2) is 18.1 Å². The molecule has 0 fully saturated rings. The highest BCUT2D eigenvalue weighted by molar-refractivity contribution is 5.40. The van der Waals surface area contributed by atoms with Crippen LogP contribution < -0.4 is 14.2 Å². The predicted molar refractivity (Wildman–Crippen MR) is 79.0 cm³/mol. The van der Waals surface area contributed by atoms with Gasteiger partial charge in [-0.25, -0.2) is 0 Å². The molecule has 0 spiro atoms. The summed E-state index contributed by atoms with van der Waals surface area (Å²) in [4.78, 5) is 0. The standard InChI is InChI=1S/C17H18O4/c1-18-14-8-6-13(7-9-14)10-11-19-17-12-20-15-4-2-3-5-16(15)21-17/h2-9,17H,10-12H2,1H3. The molecule has 21 heavy (non-hydrogen) atoms. The Morgan fingerprint density at radius 2 is 1.81 bits per heavy atom. The van der Waals surface area contributed by atoms with Crippen LogP contribution in [0.5, 0.6) is 17.2 Å². The van der Waals surface area contributed by atoms with E-state index >= 15 is 0 Å². The Morgan fingerprint density at radius 3 is 2.57 bits per heavy atom. The Labute approximate surface area is 124 Å². The number of hydrogen-bond donors (Lipinski definition) is 0. The molecule has 0 N–H and O–H groups in total. The van der Waals surface area contributed by atoms with E-state index in [1.54, 1.807) is 7.11 Å². The average Bonchev–Trinajstić information content (AvgIpc) is 2.55. The molecule has 0 amide bonds. The van der Waals surface area contributed by atoms with Crippen molar-refractivity contribution in [2.75, 3.05) is 20.3 Å². The van der Waals surface area contributed by atoms with Crippen LogP contribution in [-0.2, 0) is 11.2 Å². The van der Waals surface area contributed by atoms with Gasteiger partial charge in [-0.1, -0.05) is 24.3 Å². The third-order valence-corrected chi connectivity index (χ3v) is 3.34. The molecule has 1 heterocycles. The number of para-hydroxylation sites is 2. The molecule has 4 nitrogen and oxygen atoms in total. The van der Waals surface area contributed by atoms with Crippen molar-refractivity contribution in [3.63, 3.8) is 0 Å². The van der Waals surface area contributed by atoms with Crippen LogP contribution in [0.1, 0.15) is 5.56 Å². The first kappa shape index (κ1) is 13.8. The summed E-state index contributed by atoms with van der Waals surface area (Å²) < 4.78 is 22.2. The van der Waals surface area contributed by atoms with Crippen LogP contribution in [0.2, 0.25) is 0 Å². The number of fused-ring (bicyclic) bond motifs is 1. The van der Waals surface area contributed by atoms with E-state index in [2.05, 4.69) is 0 Å². The van der Waals surface area contributed by atoms with E-state index in [9.17, 15) is 0 Å². The highest BCUT2D eigenvalue weighted by Crippen LogP contribution is 2.31. The third-order valence-electron chi connectivity index (χ3n) is 3.34. The predicted octanol–water partition coefficient (Wildman–Crippen LogP) is 3.05. The van der Waals surface area contributed by atoms with Crippen molar-refractivity contribution in [3.05, 3.63) is 54.1 Å². The van der Waals surface area contributed by atoms with Gasteiger partial charge < -0.3 is 18.9 Å². The highest BCUT2D eigenvalue weighted by Gasteiger charge is 2.20. The lowest BCUT2D eigenvalue weighted by Crippen LogP contribution is -2.32. The fourth-order valence-electron chi connectivity index (χ4n) is 2.18. The average molecular weight is 286 g/mol. The molecule has 1 aliphatic rings. The van der Waals surface area contributed by atoms with Crippen molar-refractivity contribution in [1.82, 2.24) is 0 Å². The van der Waals surface area contributed by atoms with Crippen LogP contribution in [-0.4, -0.2) is 26.6 Å². The van der Waals surface area contributed by atoms with Crippen LogP contribution in [0, 0.1) is 0 Å². The maximum atomic E-state index is 5.74. The van der Waals surface area contributed by atoms with E-state index in [4.69, 9.17) is 18.9 Å². The normalized spacial score (nSPS) is 16.5. The lowest BCUT2D eigenvalue weighted by Gasteiger charge is -2.26. The second kappa shape index (κ2) is 6.50. The van der Waals surface area contributed by atoms with E-state index in [1.165, 1.54) is 5.56 Å². The summed E-state index contributed by atoms with van der Waals surface area (Å²) in [6.45, 7) is 1.00. The number of ether oxygens (including phenoxy) is 4. The molecule has 0 radical (unpaired) electrons. The molecule has 110 valence electrons. The topological polar surface area (TPSA) is 36.9 Å². The molecule has 0 saturated heterocycles. The van der Waals surface area contributed by atoms with Gasteiger partial charge in [-0.05, 0) is 36.2 Å². The SMILES string of the molecule is COc1ccc(CCOC2COc3ccccc3O2)cc1. The van der Waals surface area contributed by atoms with Crippen molar-refractivity contribution >= 4 is 0 Å². The highest BCUT2D eigenvalue weighted by atomic mass is 16.7. The number of hydrogen-bond acceptors (Lipinski definition) is 4. The first-order valence-electron chi connectivity index (χ1n) is 6.98. The van der Waals surface area contributed by atoms with Gasteiger partial charge in [-0.15, -0.1) is 0 Å². The van der Waals surface area contributed by atoms with E-state index in [0.29, 0.717) is 13.2 Å². The van der Waals surface area contributed by atoms with Gasteiger partial charge in [0, 0.05) is 0 Å². The fourth-order valence-corrected chi connectivity index (χ4v) is 2.18. The van der Waals surface area contributed by atoms with Gasteiger partial charge in [0.05, 0.1) is 13.7 Å². The number of rotatable bonds is 5. The first-order chi connectivity index (χ1) is 10.3. The van der Waals surface area contributed by atoms with Crippen LogP contribution in [0.25, 0.3) is 0 Å². The van der Waals surface area contributed by atoms with Crippen molar-refractivity contribution in [2.24, 2.45) is 0 Å². The molecule has 0 aromatic heterocycles. The summed E-state index contributed by atoms with van der Waals surface area (Å²) in [6, 6.07) is 15.6. The smallest absolute Gasteiger partial charge is 0.234 e. The van der Waals surface area contributed by atoms with Crippen LogP contribution in [0.4, 0.5) is 0 Å². The van der Waals surface area contributed by atoms with Gasteiger partial charge in [-0.2, -0.15) is 0 Å². The second-order valence-corrected chi connectivity index (χ2v) is 4.77. The first-order valence-corrected chi connectivity index (χ1v) is 6.98. The molecule has 1 atom stereocenters. The lowest BCUT2D eigenvalue weighted by molar-refractivity contribution is -0.115. The molecule has 0 aliphatic carbocycles. The summed E-state index contributed by atoms with van der Waals surface area (Å²) in [5, 5.41) is 0. The van der Waals surface area contributed by atoms with Crippen molar-refractivity contribution in [3.8, 4) is 17.2 Å². The monoisotopic (exact) mass is 286 g/mol. The maximum Gasteiger partial charge on any atom is 0.234 e. The Hall–Kier alpha value is -2.20. The van der Waals surface area contributed by atoms with Crippen LogP contribution in [0.15, 0.2) is 48.5 Å². The molecular formula is C17H18O4. The summed E-state index contributed by atoms with van der Waals surface area (Å²) in [7, 11) is 1.66. The van der Waals surface area contributed by atoms with E-state index in [1.807, 2.05) is 48.5 Å². The van der Waals surface area contributed by atoms with E-state index < -0.39 is 0 Å². The Balaban J connectivity index is 1.48. The maximum absolute atomic E-state index is 5.74. The Bertz CT molecular complexity index is 580. The fraction of sp³-hybridized carbons (Fsp3) is 0.294. The molecular weight excluding hydrogens is 268 g/mol. The van der Waals surface area contributed by atoms with Gasteiger partial charge in [0.25, 0.3) is 0 Å². The molecule has 0 saturated carbocycles. The lowest BCUT2D eigenvalue weighted by atomic mass is 10.1. The van der Waals surface area contributed by atoms with Gasteiger partial charge in [0.2, 0.25) is 6.29 Å². The van der Waals surface area contributed by atoms with E-state index in [-0.39, 0.29) is 6.29 Å². The largest absolute Gasteiger partial charge is 0.497 e. The summed E-state index contributed by atoms with van der Waals surface area (Å²) >= 11 is 0. The minimum Gasteiger partial charge on any atom is -0.497 e. The molecule has 3 rings (SSSR count). The second-order valence-electron chi connectivity index (χ2n) is 4.77. The van der Waals surface area contributed by atoms with Crippen molar-refractivity contribution in [2.45, 2.75) is 12.7 Å². The van der Waals surface area contributed by atoms with Crippen LogP contribution >= 0.6 is 0 Å². The third kappa shape index (κ3) is 3.47. The van der Waals surface area contributed by atoms with Crippen molar-refractivity contribution < 1.29 is 18.9 Å². The summed E-state index contributed by atoms with van der Waals surface area (Å²) in [5.74, 6) is 2.37. The number of methoxy groups -OCH3 is 1. The van der Waals surface area contributed by atoms with Gasteiger partial charge in [-0.3, -0.25) is 0 Å². The Kier molecular flexibility index (Phi) is 4.26. The Morgan fingerprint density at radius 1 is 1.05 bits per heavy atom. The zero-order valence-corrected chi connectivity index (χ0v) is 12.0.